The largest absolute Gasteiger partial charge is 1.00 e. The van der Waals surface area contributed by atoms with E-state index in [0.29, 0.717) is 0 Å². The van der Waals surface area contributed by atoms with Crippen molar-refractivity contribution in [3.8, 4) is 17.9 Å². The molecule has 0 saturated carbocycles. The van der Waals surface area contributed by atoms with Gasteiger partial charge in [-0.15, -0.1) is 23.3 Å². The number of benzene rings is 11. The molecule has 0 N–H and O–H groups in total. The van der Waals surface area contributed by atoms with Crippen molar-refractivity contribution in [2.45, 2.75) is 0 Å². The maximum absolute atomic E-state index is 9.82. The van der Waals surface area contributed by atoms with Gasteiger partial charge in [-0.3, -0.25) is 11.8 Å². The molecule has 0 aliphatic heterocycles. The second-order valence-corrected chi connectivity index (χ2v) is 20.6. The molecule has 0 aromatic heterocycles. The van der Waals surface area contributed by atoms with Crippen LogP contribution in [0.3, 0.4) is 0 Å². The topological polar surface area (TPSA) is 23.8 Å². The van der Waals surface area contributed by atoms with Gasteiger partial charge < -0.3 is 12.8 Å². The van der Waals surface area contributed by atoms with Crippen LogP contribution in [0.4, 0.5) is 0 Å². The summed E-state index contributed by atoms with van der Waals surface area (Å²) in [5, 5.41) is 27.4. The molecule has 0 atom stereocenters. The molecule has 0 radical (unpaired) electrons. The molecular formula is C63H43Au2NP2+2. The summed E-state index contributed by atoms with van der Waals surface area (Å²) >= 11 is 0. The van der Waals surface area contributed by atoms with E-state index in [2.05, 4.69) is 212 Å². The molecule has 330 valence electrons. The molecule has 11 aromatic carbocycles. The van der Waals surface area contributed by atoms with Crippen LogP contribution in [0.25, 0.3) is 43.1 Å². The Morgan fingerprint density at radius 2 is 0.662 bits per heavy atom. The van der Waals surface area contributed by atoms with Gasteiger partial charge in [0.2, 0.25) is 0 Å². The number of nitriles is 1. The number of nitrogens with zero attached hydrogens (tertiary/aromatic N) is 1. The number of hydrogen-bond acceptors (Lipinski definition) is 1. The summed E-state index contributed by atoms with van der Waals surface area (Å²) in [6.45, 7) is 0. The zero-order valence-electron chi connectivity index (χ0n) is 36.7. The van der Waals surface area contributed by atoms with Crippen molar-refractivity contribution >= 4 is 90.8 Å². The van der Waals surface area contributed by atoms with Gasteiger partial charge >= 0.3 is 44.8 Å². The molecule has 0 bridgehead atoms. The molecule has 11 aromatic rings. The zero-order valence-corrected chi connectivity index (χ0v) is 43.1. The van der Waals surface area contributed by atoms with Gasteiger partial charge in [-0.2, -0.15) is 5.26 Å². The van der Waals surface area contributed by atoms with Crippen molar-refractivity contribution in [3.05, 3.63) is 278 Å². The van der Waals surface area contributed by atoms with Crippen molar-refractivity contribution in [2.75, 3.05) is 0 Å². The van der Waals surface area contributed by atoms with Gasteiger partial charge in [-0.05, 0) is 93.0 Å². The Labute approximate surface area is 433 Å². The zero-order chi connectivity index (χ0) is 45.1. The third-order valence-electron chi connectivity index (χ3n) is 11.8. The molecule has 0 aliphatic carbocycles. The summed E-state index contributed by atoms with van der Waals surface area (Å²) in [4.78, 5) is 0. The van der Waals surface area contributed by atoms with Crippen LogP contribution >= 0.6 is 15.8 Å². The van der Waals surface area contributed by atoms with E-state index in [1.807, 2.05) is 54.6 Å². The van der Waals surface area contributed by atoms with E-state index < -0.39 is 15.8 Å². The van der Waals surface area contributed by atoms with Crippen LogP contribution in [0.1, 0.15) is 16.7 Å². The first-order chi connectivity index (χ1) is 32.6. The van der Waals surface area contributed by atoms with Crippen LogP contribution < -0.4 is 31.8 Å². The van der Waals surface area contributed by atoms with Crippen LogP contribution in [-0.2, 0) is 44.8 Å². The average Bonchev–Trinajstić information content (AvgIpc) is 3.40. The first-order valence-corrected chi connectivity index (χ1v) is 24.8. The normalized spacial score (nSPS) is 10.3. The van der Waals surface area contributed by atoms with Gasteiger partial charge in [0.05, 0.1) is 11.6 Å². The molecule has 11 rings (SSSR count). The fourth-order valence-electron chi connectivity index (χ4n) is 8.71. The minimum Gasteiger partial charge on any atom is -0.366 e. The fraction of sp³-hybridized carbons (Fsp3) is 0. The van der Waals surface area contributed by atoms with Crippen LogP contribution in [0.15, 0.2) is 249 Å². The first kappa shape index (κ1) is 49.3. The Morgan fingerprint density at radius 1 is 0.309 bits per heavy atom. The van der Waals surface area contributed by atoms with Crippen molar-refractivity contribution in [3.63, 3.8) is 0 Å². The van der Waals surface area contributed by atoms with Crippen LogP contribution in [0.2, 0.25) is 0 Å². The SMILES string of the molecule is N#Cc1ccc([PH+](c2ccccc2)c2ccccc2)c([PH+](c2ccccc2)c2ccccc2)c1.[Au+].[Au+].[C-]#Cc1cccc2c1ccc1ccccc12.[C-]#Cc1cccc2c1ccc1ccccc12. The Morgan fingerprint density at radius 3 is 1.04 bits per heavy atom. The van der Waals surface area contributed by atoms with Crippen molar-refractivity contribution in [1.29, 1.82) is 5.26 Å². The van der Waals surface area contributed by atoms with Gasteiger partial charge in [0.15, 0.2) is 0 Å². The van der Waals surface area contributed by atoms with Gasteiger partial charge in [-0.1, -0.05) is 181 Å². The molecule has 0 spiro atoms. The van der Waals surface area contributed by atoms with Gasteiger partial charge in [-0.25, -0.2) is 0 Å². The number of hydrogen-bond donors (Lipinski definition) is 0. The molecule has 0 unspecified atom stereocenters. The average molecular weight is 1270 g/mol. The third kappa shape index (κ3) is 10.9. The minimum atomic E-state index is -1.32. The van der Waals surface area contributed by atoms with Crippen LogP contribution in [0, 0.1) is 36.0 Å². The molecule has 0 aliphatic rings. The molecule has 0 heterocycles. The standard InChI is InChI=1S/C31H23NP2.2C16H9.2Au/c32-24-25-21-22-30(33(26-13-5-1-6-14-26)27-15-7-2-8-16-27)31(23-25)34(28-17-9-3-10-18-28)29-19-11-4-12-20-29;2*1-2-12-7-5-9-16-14-8-4-3-6-13(14)10-11-15(12)16;;/h1-23H;2*3-11H;;/q;2*-1;2*+1/p+2. The van der Waals surface area contributed by atoms with E-state index in [1.54, 1.807) is 0 Å². The summed E-state index contributed by atoms with van der Waals surface area (Å²) in [7, 11) is -2.60. The van der Waals surface area contributed by atoms with E-state index in [9.17, 15) is 5.26 Å². The summed E-state index contributed by atoms with van der Waals surface area (Å²) in [5.41, 5.74) is 2.42. The maximum atomic E-state index is 9.82. The van der Waals surface area contributed by atoms with Crippen molar-refractivity contribution in [2.24, 2.45) is 0 Å². The molecule has 5 heteroatoms. The summed E-state index contributed by atoms with van der Waals surface area (Å²) < 4.78 is 0. The Balaban J connectivity index is 0.000000167. The van der Waals surface area contributed by atoms with Gasteiger partial charge in [0.25, 0.3) is 0 Å². The smallest absolute Gasteiger partial charge is 0.366 e. The van der Waals surface area contributed by atoms with Crippen LogP contribution in [0.5, 0.6) is 0 Å². The Hall–Kier alpha value is -6.59. The van der Waals surface area contributed by atoms with E-state index in [1.165, 1.54) is 64.1 Å². The minimum absolute atomic E-state index is 0. The predicted octanol–water partition coefficient (Wildman–Crippen LogP) is 12.4. The monoisotopic (exact) mass is 1270 g/mol. The number of fused-ring (bicyclic) bond motifs is 6. The third-order valence-corrected chi connectivity index (χ3v) is 17.6. The van der Waals surface area contributed by atoms with Crippen LogP contribution in [-0.4, -0.2) is 0 Å². The Bertz CT molecular complexity index is 3370. The van der Waals surface area contributed by atoms with E-state index in [-0.39, 0.29) is 44.8 Å². The molecule has 0 fully saturated rings. The maximum Gasteiger partial charge on any atom is 1.00 e. The summed E-state index contributed by atoms with van der Waals surface area (Å²) in [5.74, 6) is 4.97. The van der Waals surface area contributed by atoms with Gasteiger partial charge in [0, 0.05) is 6.07 Å². The Kier molecular flexibility index (Phi) is 17.4. The second kappa shape index (κ2) is 23.9. The van der Waals surface area contributed by atoms with Crippen molar-refractivity contribution in [1.82, 2.24) is 0 Å². The molecule has 68 heavy (non-hydrogen) atoms. The fourth-order valence-corrected chi connectivity index (χ4v) is 14.7. The van der Waals surface area contributed by atoms with Crippen molar-refractivity contribution < 1.29 is 44.8 Å². The molecule has 1 nitrogen and oxygen atoms in total. The first-order valence-electron chi connectivity index (χ1n) is 21.8. The quantitative estimate of drug-likeness (QED) is 0.0535. The molecular weight excluding hydrogens is 1230 g/mol. The van der Waals surface area contributed by atoms with Gasteiger partial charge in [0.1, 0.15) is 47.7 Å². The summed E-state index contributed by atoms with van der Waals surface area (Å²) in [6.07, 6.45) is 14.6. The predicted molar refractivity (Wildman–Crippen MR) is 287 cm³/mol. The number of rotatable bonds is 6. The van der Waals surface area contributed by atoms with E-state index in [4.69, 9.17) is 12.8 Å². The molecule has 0 amide bonds. The molecule has 0 saturated heterocycles. The second-order valence-electron chi connectivity index (χ2n) is 15.7. The van der Waals surface area contributed by atoms with E-state index in [0.717, 1.165) is 27.5 Å². The summed E-state index contributed by atoms with van der Waals surface area (Å²) in [6, 6.07) is 89.0. The van der Waals surface area contributed by atoms with E-state index >= 15 is 0 Å².